The predicted molar refractivity (Wildman–Crippen MR) is 131 cm³/mol. The number of piperidine rings is 2. The van der Waals surface area contributed by atoms with Gasteiger partial charge >= 0.3 is 0 Å². The first-order chi connectivity index (χ1) is 17.0. The van der Waals surface area contributed by atoms with Gasteiger partial charge < -0.3 is 15.5 Å². The van der Waals surface area contributed by atoms with E-state index in [-0.39, 0.29) is 24.0 Å². The summed E-state index contributed by atoms with van der Waals surface area (Å²) in [4.78, 5) is 29.1. The molecule has 180 valence electrons. The zero-order chi connectivity index (χ0) is 23.9. The fourth-order valence-electron chi connectivity index (χ4n) is 5.42. The van der Waals surface area contributed by atoms with Gasteiger partial charge in [-0.2, -0.15) is 20.2 Å². The van der Waals surface area contributed by atoms with Crippen molar-refractivity contribution in [3.63, 3.8) is 0 Å². The smallest absolute Gasteiger partial charge is 0.272 e. The Balaban J connectivity index is 1.24. The van der Waals surface area contributed by atoms with Crippen LogP contribution in [0, 0.1) is 6.92 Å². The van der Waals surface area contributed by atoms with E-state index in [0.717, 1.165) is 48.8 Å². The number of nitrogens with zero attached hydrogens (tertiary/aromatic N) is 7. The SMILES string of the molecule is Cc1cc(Nc2nc(N[C@@H]3C[C@H]4CCC[C@@H](C3)N4C(=O)c3ccccn3)nc3c2cnn3C)n[nH]1. The van der Waals surface area contributed by atoms with Crippen molar-refractivity contribution < 1.29 is 4.79 Å². The first-order valence-corrected chi connectivity index (χ1v) is 12.0. The summed E-state index contributed by atoms with van der Waals surface area (Å²) >= 11 is 0. The molecule has 6 heterocycles. The Morgan fingerprint density at radius 1 is 1.17 bits per heavy atom. The summed E-state index contributed by atoms with van der Waals surface area (Å²) < 4.78 is 1.74. The number of anilines is 3. The highest BCUT2D eigenvalue weighted by Crippen LogP contribution is 2.36. The number of nitrogens with one attached hydrogen (secondary N) is 3. The molecule has 6 rings (SSSR count). The lowest BCUT2D eigenvalue weighted by atomic mass is 9.81. The second kappa shape index (κ2) is 8.64. The molecule has 2 saturated heterocycles. The van der Waals surface area contributed by atoms with Crippen LogP contribution in [0.5, 0.6) is 0 Å². The van der Waals surface area contributed by atoms with Crippen LogP contribution in [-0.4, -0.2) is 63.9 Å². The maximum atomic E-state index is 13.2. The number of pyridine rings is 1. The minimum atomic E-state index is 0.0343. The van der Waals surface area contributed by atoms with Crippen molar-refractivity contribution in [1.82, 2.24) is 39.8 Å². The lowest BCUT2D eigenvalue weighted by molar-refractivity contribution is 0.0253. The van der Waals surface area contributed by atoms with E-state index in [4.69, 9.17) is 9.97 Å². The summed E-state index contributed by atoms with van der Waals surface area (Å²) in [5.74, 6) is 1.92. The van der Waals surface area contributed by atoms with Crippen LogP contribution in [0.4, 0.5) is 17.6 Å². The monoisotopic (exact) mass is 472 g/mol. The molecule has 0 unspecified atom stereocenters. The maximum Gasteiger partial charge on any atom is 0.272 e. The summed E-state index contributed by atoms with van der Waals surface area (Å²) in [6.45, 7) is 1.95. The van der Waals surface area contributed by atoms with Crippen LogP contribution in [0.3, 0.4) is 0 Å². The zero-order valence-electron chi connectivity index (χ0n) is 19.8. The normalized spacial score (nSPS) is 21.8. The van der Waals surface area contributed by atoms with Gasteiger partial charge in [0.15, 0.2) is 11.5 Å². The molecule has 2 fully saturated rings. The largest absolute Gasteiger partial charge is 0.351 e. The molecule has 3 atom stereocenters. The fraction of sp³-hybridized carbons (Fsp3) is 0.417. The molecule has 0 saturated carbocycles. The van der Waals surface area contributed by atoms with Crippen molar-refractivity contribution >= 4 is 34.5 Å². The summed E-state index contributed by atoms with van der Waals surface area (Å²) in [6.07, 6.45) is 8.28. The molecule has 11 nitrogen and oxygen atoms in total. The molecule has 0 radical (unpaired) electrons. The Bertz CT molecular complexity index is 1350. The van der Waals surface area contributed by atoms with Gasteiger partial charge in [-0.15, -0.1) is 0 Å². The molecular weight excluding hydrogens is 444 g/mol. The Morgan fingerprint density at radius 3 is 2.71 bits per heavy atom. The number of fused-ring (bicyclic) bond motifs is 3. The maximum absolute atomic E-state index is 13.2. The van der Waals surface area contributed by atoms with Crippen molar-refractivity contribution in [1.29, 1.82) is 0 Å². The first kappa shape index (κ1) is 21.5. The van der Waals surface area contributed by atoms with Crippen LogP contribution in [0.15, 0.2) is 36.7 Å². The number of rotatable bonds is 5. The Kier molecular flexibility index (Phi) is 5.31. The number of carbonyl (C=O) groups is 1. The standard InChI is InChI=1S/C24H28N10O/c1-14-10-20(32-31-14)28-21-18-13-26-33(2)22(18)30-24(29-21)27-15-11-16-6-5-7-17(12-15)34(16)23(35)19-8-3-4-9-25-19/h3-4,8-10,13,15-17H,5-7,11-12H2,1-2H3,(H3,27,28,29,30,31,32)/t15-,16-,17+. The van der Waals surface area contributed by atoms with E-state index in [0.29, 0.717) is 23.3 Å². The average Bonchev–Trinajstić information content (AvgIpc) is 3.44. The molecule has 4 aromatic heterocycles. The number of amides is 1. The molecule has 11 heteroatoms. The molecule has 1 amide bonds. The van der Waals surface area contributed by atoms with Crippen LogP contribution >= 0.6 is 0 Å². The first-order valence-electron chi connectivity index (χ1n) is 12.0. The summed E-state index contributed by atoms with van der Waals surface area (Å²) in [7, 11) is 1.87. The van der Waals surface area contributed by atoms with Gasteiger partial charge in [0.1, 0.15) is 11.5 Å². The second-order valence-corrected chi connectivity index (χ2v) is 9.44. The summed E-state index contributed by atoms with van der Waals surface area (Å²) in [5, 5.41) is 19.3. The average molecular weight is 473 g/mol. The van der Waals surface area contributed by atoms with Gasteiger partial charge in [-0.1, -0.05) is 6.07 Å². The Labute approximate surface area is 202 Å². The predicted octanol–water partition coefficient (Wildman–Crippen LogP) is 3.17. The van der Waals surface area contributed by atoms with Gasteiger partial charge in [-0.3, -0.25) is 19.6 Å². The summed E-state index contributed by atoms with van der Waals surface area (Å²) in [5.41, 5.74) is 2.21. The van der Waals surface area contributed by atoms with Gasteiger partial charge in [-0.05, 0) is 51.2 Å². The van der Waals surface area contributed by atoms with Crippen LogP contribution in [0.1, 0.15) is 48.3 Å². The lowest BCUT2D eigenvalue weighted by Crippen LogP contribution is -2.57. The Morgan fingerprint density at radius 2 is 2.00 bits per heavy atom. The van der Waals surface area contributed by atoms with E-state index >= 15 is 0 Å². The number of hydrogen-bond acceptors (Lipinski definition) is 8. The van der Waals surface area contributed by atoms with E-state index in [9.17, 15) is 4.79 Å². The molecule has 0 spiro atoms. The number of aromatic amines is 1. The second-order valence-electron chi connectivity index (χ2n) is 9.44. The van der Waals surface area contributed by atoms with Crippen molar-refractivity contribution in [3.8, 4) is 0 Å². The van der Waals surface area contributed by atoms with Gasteiger partial charge in [0.25, 0.3) is 5.91 Å². The third-order valence-corrected chi connectivity index (χ3v) is 6.97. The minimum absolute atomic E-state index is 0.0343. The van der Waals surface area contributed by atoms with Gasteiger partial charge in [-0.25, -0.2) is 0 Å². The van der Waals surface area contributed by atoms with Crippen molar-refractivity contribution in [2.24, 2.45) is 7.05 Å². The number of hydrogen-bond donors (Lipinski definition) is 3. The summed E-state index contributed by atoms with van der Waals surface area (Å²) in [6, 6.07) is 7.96. The highest BCUT2D eigenvalue weighted by atomic mass is 16.2. The highest BCUT2D eigenvalue weighted by Gasteiger charge is 2.41. The number of aromatic nitrogens is 7. The third kappa shape index (κ3) is 4.07. The highest BCUT2D eigenvalue weighted by molar-refractivity contribution is 5.93. The third-order valence-electron chi connectivity index (χ3n) is 6.97. The molecule has 4 aromatic rings. The van der Waals surface area contributed by atoms with Crippen LogP contribution in [0.2, 0.25) is 0 Å². The van der Waals surface area contributed by atoms with E-state index in [1.54, 1.807) is 23.1 Å². The zero-order valence-corrected chi connectivity index (χ0v) is 19.8. The van der Waals surface area contributed by atoms with Crippen LogP contribution in [-0.2, 0) is 7.05 Å². The van der Waals surface area contributed by atoms with E-state index < -0.39 is 0 Å². The number of carbonyl (C=O) groups excluding carboxylic acids is 1. The molecule has 3 N–H and O–H groups in total. The molecule has 0 aliphatic carbocycles. The topological polar surface area (TPSA) is 130 Å². The molecule has 2 aliphatic rings. The van der Waals surface area contributed by atoms with E-state index in [2.05, 4.69) is 35.8 Å². The minimum Gasteiger partial charge on any atom is -0.351 e. The number of H-pyrrole nitrogens is 1. The molecule has 35 heavy (non-hydrogen) atoms. The van der Waals surface area contributed by atoms with E-state index in [1.165, 1.54) is 0 Å². The van der Waals surface area contributed by atoms with Crippen LogP contribution < -0.4 is 10.6 Å². The molecular formula is C24H28N10O. The van der Waals surface area contributed by atoms with Crippen molar-refractivity contribution in [2.45, 2.75) is 57.2 Å². The Hall–Kier alpha value is -4.02. The van der Waals surface area contributed by atoms with E-state index in [1.807, 2.05) is 32.2 Å². The fourth-order valence-corrected chi connectivity index (χ4v) is 5.42. The van der Waals surface area contributed by atoms with Crippen molar-refractivity contribution in [3.05, 3.63) is 48.0 Å². The van der Waals surface area contributed by atoms with Crippen molar-refractivity contribution in [2.75, 3.05) is 10.6 Å². The van der Waals surface area contributed by atoms with Gasteiger partial charge in [0.2, 0.25) is 5.95 Å². The molecule has 0 aromatic carbocycles. The molecule has 2 aliphatic heterocycles. The lowest BCUT2D eigenvalue weighted by Gasteiger charge is -2.48. The van der Waals surface area contributed by atoms with Crippen LogP contribution in [0.25, 0.3) is 11.0 Å². The van der Waals surface area contributed by atoms with Gasteiger partial charge in [0, 0.05) is 43.1 Å². The number of aryl methyl sites for hydroxylation is 2. The molecule has 2 bridgehead atoms. The van der Waals surface area contributed by atoms with Gasteiger partial charge in [0.05, 0.1) is 11.6 Å². The quantitative estimate of drug-likeness (QED) is 0.404.